The summed E-state index contributed by atoms with van der Waals surface area (Å²) in [4.78, 5) is 33.5. The predicted octanol–water partition coefficient (Wildman–Crippen LogP) is 7.47. The Morgan fingerprint density at radius 2 is 1.73 bits per heavy atom. The fourth-order valence-electron chi connectivity index (χ4n) is 5.22. The second-order valence-corrected chi connectivity index (χ2v) is 12.4. The molecular weight excluding hydrogens is 558 g/mol. The van der Waals surface area contributed by atoms with Gasteiger partial charge in [0, 0.05) is 33.1 Å². The molecule has 0 atom stereocenters. The van der Waals surface area contributed by atoms with Crippen molar-refractivity contribution in [2.24, 2.45) is 0 Å². The zero-order valence-corrected chi connectivity index (χ0v) is 25.9. The number of ether oxygens (including phenoxy) is 2. The Morgan fingerprint density at radius 3 is 2.39 bits per heavy atom. The number of anilines is 1. The second-order valence-electron chi connectivity index (χ2n) is 10.6. The molecule has 1 aliphatic carbocycles. The first kappa shape index (κ1) is 30.7. The molecule has 1 fully saturated rings. The summed E-state index contributed by atoms with van der Waals surface area (Å²) >= 11 is 8.00. The Labute approximate surface area is 252 Å². The van der Waals surface area contributed by atoms with Crippen molar-refractivity contribution in [2.45, 2.75) is 65.0 Å². The van der Waals surface area contributed by atoms with E-state index >= 15 is 0 Å². The quantitative estimate of drug-likeness (QED) is 0.249. The molecule has 3 amide bonds. The number of urea groups is 1. The molecule has 7 nitrogen and oxygen atoms in total. The number of carbonyl (C=O) groups excluding carboxylic acids is 2. The van der Waals surface area contributed by atoms with Gasteiger partial charge in [0.15, 0.2) is 11.5 Å². The number of thiophene rings is 1. The maximum absolute atomic E-state index is 14.0. The average Bonchev–Trinajstić information content (AvgIpc) is 3.40. The van der Waals surface area contributed by atoms with Crippen LogP contribution in [0.15, 0.2) is 48.5 Å². The fourth-order valence-corrected chi connectivity index (χ4v) is 6.31. The van der Waals surface area contributed by atoms with Gasteiger partial charge in [0.2, 0.25) is 5.91 Å². The van der Waals surface area contributed by atoms with Crippen molar-refractivity contribution >= 4 is 40.6 Å². The van der Waals surface area contributed by atoms with E-state index in [0.717, 1.165) is 48.1 Å². The van der Waals surface area contributed by atoms with Crippen molar-refractivity contribution in [2.75, 3.05) is 32.6 Å². The molecule has 41 heavy (non-hydrogen) atoms. The Balaban J connectivity index is 1.53. The zero-order valence-electron chi connectivity index (χ0n) is 24.4. The predicted molar refractivity (Wildman–Crippen MR) is 167 cm³/mol. The van der Waals surface area contributed by atoms with E-state index in [0.29, 0.717) is 41.7 Å². The summed E-state index contributed by atoms with van der Waals surface area (Å²) in [5.41, 5.74) is 2.61. The largest absolute Gasteiger partial charge is 0.493 e. The molecule has 0 spiro atoms. The van der Waals surface area contributed by atoms with E-state index in [2.05, 4.69) is 24.4 Å². The normalized spacial score (nSPS) is 13.5. The summed E-state index contributed by atoms with van der Waals surface area (Å²) in [5.74, 6) is 1.26. The van der Waals surface area contributed by atoms with Crippen LogP contribution in [0.3, 0.4) is 0 Å². The standard InChI is InChI=1S/C32H40ClN3O4S/c1-22-10-13-25(19-28(22)33)34-32(38)36(26-8-6-5-7-9-26)21-31(37)35(20-27-14-11-23(2)41-27)17-16-24-12-15-29(39-3)30(18-24)40-4/h10-15,18-19,26H,5-9,16-17,20-21H2,1-4H3,(H,34,38). The van der Waals surface area contributed by atoms with Gasteiger partial charge >= 0.3 is 6.03 Å². The molecule has 4 rings (SSSR count). The van der Waals surface area contributed by atoms with E-state index in [4.69, 9.17) is 21.1 Å². The number of nitrogens with one attached hydrogen (secondary N) is 1. The lowest BCUT2D eigenvalue weighted by molar-refractivity contribution is -0.132. The molecule has 9 heteroatoms. The van der Waals surface area contributed by atoms with Crippen LogP contribution in [-0.4, -0.2) is 55.1 Å². The lowest BCUT2D eigenvalue weighted by Gasteiger charge is -2.35. The van der Waals surface area contributed by atoms with Crippen molar-refractivity contribution in [3.63, 3.8) is 0 Å². The van der Waals surface area contributed by atoms with Gasteiger partial charge in [-0.15, -0.1) is 11.3 Å². The number of carbonyl (C=O) groups is 2. The Morgan fingerprint density at radius 1 is 0.976 bits per heavy atom. The summed E-state index contributed by atoms with van der Waals surface area (Å²) < 4.78 is 10.9. The number of benzene rings is 2. The van der Waals surface area contributed by atoms with Gasteiger partial charge in [0.25, 0.3) is 0 Å². The minimum absolute atomic E-state index is 0.0188. The highest BCUT2D eigenvalue weighted by molar-refractivity contribution is 7.11. The minimum Gasteiger partial charge on any atom is -0.493 e. The lowest BCUT2D eigenvalue weighted by Crippen LogP contribution is -2.49. The van der Waals surface area contributed by atoms with Gasteiger partial charge in [-0.25, -0.2) is 4.79 Å². The van der Waals surface area contributed by atoms with Crippen LogP contribution in [0.4, 0.5) is 10.5 Å². The van der Waals surface area contributed by atoms with Crippen molar-refractivity contribution in [1.82, 2.24) is 9.80 Å². The Kier molecular flexibility index (Phi) is 10.9. The van der Waals surface area contributed by atoms with Gasteiger partial charge in [-0.1, -0.05) is 43.0 Å². The van der Waals surface area contributed by atoms with E-state index < -0.39 is 0 Å². The van der Waals surface area contributed by atoms with Crippen LogP contribution in [0.5, 0.6) is 11.5 Å². The smallest absolute Gasteiger partial charge is 0.322 e. The van der Waals surface area contributed by atoms with Crippen LogP contribution >= 0.6 is 22.9 Å². The number of hydrogen-bond acceptors (Lipinski definition) is 5. The summed E-state index contributed by atoms with van der Waals surface area (Å²) in [7, 11) is 3.23. The summed E-state index contributed by atoms with van der Waals surface area (Å²) in [6.07, 6.45) is 5.69. The number of halogens is 1. The topological polar surface area (TPSA) is 71.1 Å². The molecule has 0 aliphatic heterocycles. The highest BCUT2D eigenvalue weighted by Crippen LogP contribution is 2.29. The molecule has 1 saturated carbocycles. The molecule has 2 aromatic carbocycles. The van der Waals surface area contributed by atoms with Crippen LogP contribution in [0.25, 0.3) is 0 Å². The van der Waals surface area contributed by atoms with Gasteiger partial charge in [-0.3, -0.25) is 4.79 Å². The summed E-state index contributed by atoms with van der Waals surface area (Å²) in [6, 6.07) is 15.2. The average molecular weight is 598 g/mol. The van der Waals surface area contributed by atoms with Gasteiger partial charge in [0.1, 0.15) is 6.54 Å². The zero-order chi connectivity index (χ0) is 29.4. The fraction of sp³-hybridized carbons (Fsp3) is 0.438. The molecule has 1 aromatic heterocycles. The maximum atomic E-state index is 14.0. The molecule has 0 saturated heterocycles. The van der Waals surface area contributed by atoms with Crippen LogP contribution in [0.1, 0.15) is 53.0 Å². The lowest BCUT2D eigenvalue weighted by atomic mass is 9.94. The third kappa shape index (κ3) is 8.39. The first-order valence-corrected chi connectivity index (χ1v) is 15.3. The molecule has 3 aromatic rings. The van der Waals surface area contributed by atoms with E-state index in [1.807, 2.05) is 42.2 Å². The molecule has 0 unspecified atom stereocenters. The van der Waals surface area contributed by atoms with E-state index in [-0.39, 0.29) is 24.5 Å². The van der Waals surface area contributed by atoms with Crippen LogP contribution in [-0.2, 0) is 17.8 Å². The molecule has 1 N–H and O–H groups in total. The number of hydrogen-bond donors (Lipinski definition) is 1. The van der Waals surface area contributed by atoms with Crippen LogP contribution in [0, 0.1) is 13.8 Å². The van der Waals surface area contributed by atoms with Crippen LogP contribution in [0.2, 0.25) is 5.02 Å². The molecule has 1 aliphatic rings. The first-order valence-electron chi connectivity index (χ1n) is 14.1. The number of rotatable bonds is 11. The highest BCUT2D eigenvalue weighted by Gasteiger charge is 2.29. The minimum atomic E-state index is -0.267. The van der Waals surface area contributed by atoms with Gasteiger partial charge in [0.05, 0.1) is 20.8 Å². The van der Waals surface area contributed by atoms with Gasteiger partial charge < -0.3 is 24.6 Å². The molecule has 0 bridgehead atoms. The third-order valence-electron chi connectivity index (χ3n) is 7.62. The molecule has 220 valence electrons. The molecule has 0 radical (unpaired) electrons. The van der Waals surface area contributed by atoms with Crippen LogP contribution < -0.4 is 14.8 Å². The van der Waals surface area contributed by atoms with Gasteiger partial charge in [-0.2, -0.15) is 0 Å². The number of nitrogens with zero attached hydrogens (tertiary/aromatic N) is 2. The van der Waals surface area contributed by atoms with Crippen molar-refractivity contribution in [3.8, 4) is 11.5 Å². The second kappa shape index (κ2) is 14.6. The summed E-state index contributed by atoms with van der Waals surface area (Å²) in [5, 5.41) is 3.59. The summed E-state index contributed by atoms with van der Waals surface area (Å²) in [6.45, 7) is 5.02. The first-order chi connectivity index (χ1) is 19.8. The monoisotopic (exact) mass is 597 g/mol. The van der Waals surface area contributed by atoms with E-state index in [1.165, 1.54) is 4.88 Å². The highest BCUT2D eigenvalue weighted by atomic mass is 35.5. The van der Waals surface area contributed by atoms with Crippen molar-refractivity contribution in [1.29, 1.82) is 0 Å². The van der Waals surface area contributed by atoms with E-state index in [9.17, 15) is 9.59 Å². The van der Waals surface area contributed by atoms with Crippen molar-refractivity contribution < 1.29 is 19.1 Å². The van der Waals surface area contributed by atoms with Gasteiger partial charge in [-0.05, 0) is 80.6 Å². The maximum Gasteiger partial charge on any atom is 0.322 e. The molecule has 1 heterocycles. The van der Waals surface area contributed by atoms with E-state index in [1.54, 1.807) is 36.5 Å². The number of methoxy groups -OCH3 is 2. The Bertz CT molecular complexity index is 1340. The number of aryl methyl sites for hydroxylation is 2. The number of amides is 3. The SMILES string of the molecule is COc1ccc(CCN(Cc2ccc(C)s2)C(=O)CN(C(=O)Nc2ccc(C)c(Cl)c2)C2CCCCC2)cc1OC. The van der Waals surface area contributed by atoms with Crippen molar-refractivity contribution in [3.05, 3.63) is 74.4 Å². The third-order valence-corrected chi connectivity index (χ3v) is 9.01. The Hall–Kier alpha value is -3.23. The molecular formula is C32H40ClN3O4S.